The van der Waals surface area contributed by atoms with Crippen molar-refractivity contribution in [1.82, 2.24) is 10.2 Å². The number of carbonyl (C=O) groups is 2. The predicted octanol–water partition coefficient (Wildman–Crippen LogP) is 3.91. The van der Waals surface area contributed by atoms with Crippen LogP contribution < -0.4 is 5.32 Å². The monoisotopic (exact) mass is 354 g/mol. The van der Waals surface area contributed by atoms with Crippen LogP contribution in [0.5, 0.6) is 0 Å². The SMILES string of the molecule is CN(Cc1ccccc1)C(=O)C(NC(=O)OC(C)(C)C)c1ccccc1. The Hall–Kier alpha value is -2.82. The number of ether oxygens (including phenoxy) is 1. The molecule has 0 saturated heterocycles. The van der Waals surface area contributed by atoms with Gasteiger partial charge in [-0.1, -0.05) is 60.7 Å². The van der Waals surface area contributed by atoms with E-state index in [0.717, 1.165) is 5.56 Å². The summed E-state index contributed by atoms with van der Waals surface area (Å²) in [6, 6.07) is 18.1. The molecule has 0 aromatic heterocycles. The Kier molecular flexibility index (Phi) is 6.39. The highest BCUT2D eigenvalue weighted by Crippen LogP contribution is 2.18. The minimum atomic E-state index is -0.806. The molecule has 2 aromatic carbocycles. The molecular formula is C21H26N2O3. The number of hydrogen-bond acceptors (Lipinski definition) is 3. The highest BCUT2D eigenvalue weighted by atomic mass is 16.6. The third-order valence-corrected chi connectivity index (χ3v) is 3.68. The summed E-state index contributed by atoms with van der Waals surface area (Å²) in [5, 5.41) is 2.70. The largest absolute Gasteiger partial charge is 0.444 e. The standard InChI is InChI=1S/C21H26N2O3/c1-21(2,3)26-20(25)22-18(17-13-9-6-10-14-17)19(24)23(4)15-16-11-7-5-8-12-16/h5-14,18H,15H2,1-4H3,(H,22,25). The van der Waals surface area contributed by atoms with Gasteiger partial charge in [0.15, 0.2) is 0 Å². The fraction of sp³-hybridized carbons (Fsp3) is 0.333. The summed E-state index contributed by atoms with van der Waals surface area (Å²) in [6.07, 6.45) is -0.618. The number of amides is 2. The zero-order valence-electron chi connectivity index (χ0n) is 15.7. The Morgan fingerprint density at radius 2 is 1.54 bits per heavy atom. The number of alkyl carbamates (subject to hydrolysis) is 1. The summed E-state index contributed by atoms with van der Waals surface area (Å²) < 4.78 is 5.32. The average Bonchev–Trinajstić information content (AvgIpc) is 2.59. The molecule has 0 radical (unpaired) electrons. The lowest BCUT2D eigenvalue weighted by Crippen LogP contribution is -2.43. The number of rotatable bonds is 5. The van der Waals surface area contributed by atoms with Crippen molar-refractivity contribution in [2.24, 2.45) is 0 Å². The van der Waals surface area contributed by atoms with Gasteiger partial charge in [0.1, 0.15) is 11.6 Å². The average molecular weight is 354 g/mol. The van der Waals surface area contributed by atoms with Gasteiger partial charge in [0.05, 0.1) is 0 Å². The van der Waals surface area contributed by atoms with Crippen LogP contribution in [0.2, 0.25) is 0 Å². The highest BCUT2D eigenvalue weighted by molar-refractivity contribution is 5.86. The highest BCUT2D eigenvalue weighted by Gasteiger charge is 2.28. The second-order valence-corrected chi connectivity index (χ2v) is 7.17. The summed E-state index contributed by atoms with van der Waals surface area (Å²) in [6.45, 7) is 5.81. The van der Waals surface area contributed by atoms with Crippen molar-refractivity contribution in [3.63, 3.8) is 0 Å². The molecule has 0 fully saturated rings. The van der Waals surface area contributed by atoms with Crippen molar-refractivity contribution < 1.29 is 14.3 Å². The van der Waals surface area contributed by atoms with Gasteiger partial charge in [-0.15, -0.1) is 0 Å². The Morgan fingerprint density at radius 1 is 1.00 bits per heavy atom. The van der Waals surface area contributed by atoms with Gasteiger partial charge in [0.25, 0.3) is 0 Å². The molecule has 0 spiro atoms. The molecule has 5 nitrogen and oxygen atoms in total. The molecule has 1 atom stereocenters. The minimum Gasteiger partial charge on any atom is -0.444 e. The van der Waals surface area contributed by atoms with E-state index in [1.807, 2.05) is 60.7 Å². The van der Waals surface area contributed by atoms with Crippen molar-refractivity contribution in [1.29, 1.82) is 0 Å². The van der Waals surface area contributed by atoms with Gasteiger partial charge in [0, 0.05) is 13.6 Å². The fourth-order valence-electron chi connectivity index (χ4n) is 2.51. The normalized spacial score (nSPS) is 12.2. The third kappa shape index (κ3) is 5.92. The van der Waals surface area contributed by atoms with Crippen LogP contribution in [0.3, 0.4) is 0 Å². The summed E-state index contributed by atoms with van der Waals surface area (Å²) in [5.41, 5.74) is 1.10. The van der Waals surface area contributed by atoms with Gasteiger partial charge >= 0.3 is 6.09 Å². The van der Waals surface area contributed by atoms with E-state index in [9.17, 15) is 9.59 Å². The minimum absolute atomic E-state index is 0.203. The lowest BCUT2D eigenvalue weighted by Gasteiger charge is -2.27. The molecule has 0 aliphatic rings. The van der Waals surface area contributed by atoms with Crippen molar-refractivity contribution >= 4 is 12.0 Å². The van der Waals surface area contributed by atoms with Crippen LogP contribution in [0.1, 0.15) is 37.9 Å². The molecule has 0 aliphatic heterocycles. The Morgan fingerprint density at radius 3 is 2.08 bits per heavy atom. The van der Waals surface area contributed by atoms with E-state index in [-0.39, 0.29) is 5.91 Å². The molecule has 2 amide bonds. The molecule has 138 valence electrons. The van der Waals surface area contributed by atoms with Crippen LogP contribution in [-0.2, 0) is 16.1 Å². The number of benzene rings is 2. The van der Waals surface area contributed by atoms with Crippen LogP contribution in [0, 0.1) is 0 Å². The Bertz CT molecular complexity index is 724. The Balaban J connectivity index is 2.17. The third-order valence-electron chi connectivity index (χ3n) is 3.68. The van der Waals surface area contributed by atoms with Crippen molar-refractivity contribution in [3.05, 3.63) is 71.8 Å². The molecule has 5 heteroatoms. The summed E-state index contributed by atoms with van der Waals surface area (Å²) in [7, 11) is 1.72. The van der Waals surface area contributed by atoms with E-state index in [1.54, 1.807) is 32.7 Å². The van der Waals surface area contributed by atoms with Crippen LogP contribution in [-0.4, -0.2) is 29.5 Å². The lowest BCUT2D eigenvalue weighted by molar-refractivity contribution is -0.132. The van der Waals surface area contributed by atoms with Crippen molar-refractivity contribution in [2.45, 2.75) is 39.0 Å². The number of carbonyl (C=O) groups excluding carboxylic acids is 2. The zero-order chi connectivity index (χ0) is 19.2. The van der Waals surface area contributed by atoms with Gasteiger partial charge in [-0.25, -0.2) is 4.79 Å². The number of likely N-dealkylation sites (N-methyl/N-ethyl adjacent to an activating group) is 1. The maximum atomic E-state index is 13.0. The van der Waals surface area contributed by atoms with Crippen LogP contribution in [0.25, 0.3) is 0 Å². The second kappa shape index (κ2) is 8.52. The molecule has 2 aromatic rings. The molecule has 1 N–H and O–H groups in total. The fourth-order valence-corrected chi connectivity index (χ4v) is 2.51. The van der Waals surface area contributed by atoms with E-state index in [0.29, 0.717) is 12.1 Å². The van der Waals surface area contributed by atoms with E-state index in [1.165, 1.54) is 0 Å². The van der Waals surface area contributed by atoms with Gasteiger partial charge in [-0.3, -0.25) is 4.79 Å². The van der Waals surface area contributed by atoms with Gasteiger partial charge in [-0.2, -0.15) is 0 Å². The molecule has 0 bridgehead atoms. The maximum Gasteiger partial charge on any atom is 0.408 e. The molecule has 1 unspecified atom stereocenters. The first-order chi connectivity index (χ1) is 12.3. The first-order valence-corrected chi connectivity index (χ1v) is 8.59. The summed E-state index contributed by atoms with van der Waals surface area (Å²) >= 11 is 0. The van der Waals surface area contributed by atoms with Crippen LogP contribution >= 0.6 is 0 Å². The first kappa shape index (κ1) is 19.5. The molecule has 0 aliphatic carbocycles. The molecule has 0 saturated carbocycles. The summed E-state index contributed by atoms with van der Waals surface area (Å²) in [5.74, 6) is -0.203. The predicted molar refractivity (Wildman–Crippen MR) is 101 cm³/mol. The number of nitrogens with zero attached hydrogens (tertiary/aromatic N) is 1. The van der Waals surface area contributed by atoms with Crippen molar-refractivity contribution in [2.75, 3.05) is 7.05 Å². The second-order valence-electron chi connectivity index (χ2n) is 7.17. The van der Waals surface area contributed by atoms with E-state index >= 15 is 0 Å². The molecule has 0 heterocycles. The van der Waals surface area contributed by atoms with Crippen LogP contribution in [0.4, 0.5) is 4.79 Å². The molecule has 2 rings (SSSR count). The molecular weight excluding hydrogens is 328 g/mol. The van der Waals surface area contributed by atoms with Gasteiger partial charge < -0.3 is 15.0 Å². The maximum absolute atomic E-state index is 13.0. The lowest BCUT2D eigenvalue weighted by atomic mass is 10.1. The number of hydrogen-bond donors (Lipinski definition) is 1. The van der Waals surface area contributed by atoms with Gasteiger partial charge in [-0.05, 0) is 31.9 Å². The van der Waals surface area contributed by atoms with Crippen molar-refractivity contribution in [3.8, 4) is 0 Å². The first-order valence-electron chi connectivity index (χ1n) is 8.59. The topological polar surface area (TPSA) is 58.6 Å². The zero-order valence-corrected chi connectivity index (χ0v) is 15.7. The quantitative estimate of drug-likeness (QED) is 0.885. The number of nitrogens with one attached hydrogen (secondary N) is 1. The Labute approximate surface area is 155 Å². The van der Waals surface area contributed by atoms with E-state index in [4.69, 9.17) is 4.74 Å². The summed E-state index contributed by atoms with van der Waals surface area (Å²) in [4.78, 5) is 26.8. The van der Waals surface area contributed by atoms with Crippen LogP contribution in [0.15, 0.2) is 60.7 Å². The van der Waals surface area contributed by atoms with Gasteiger partial charge in [0.2, 0.25) is 5.91 Å². The van der Waals surface area contributed by atoms with E-state index < -0.39 is 17.7 Å². The smallest absolute Gasteiger partial charge is 0.408 e. The molecule has 26 heavy (non-hydrogen) atoms. The van der Waals surface area contributed by atoms with E-state index in [2.05, 4.69) is 5.32 Å².